The third-order valence-corrected chi connectivity index (χ3v) is 4.39. The van der Waals surface area contributed by atoms with Crippen LogP contribution in [0, 0.1) is 0 Å². The van der Waals surface area contributed by atoms with Crippen LogP contribution in [0.2, 0.25) is 5.02 Å². The first-order valence-electron chi connectivity index (χ1n) is 9.18. The van der Waals surface area contributed by atoms with E-state index in [1.165, 1.54) is 6.08 Å². The van der Waals surface area contributed by atoms with Gasteiger partial charge in [-0.15, -0.1) is 0 Å². The predicted molar refractivity (Wildman–Crippen MR) is 117 cm³/mol. The summed E-state index contributed by atoms with van der Waals surface area (Å²) in [6.45, 7) is 2.44. The van der Waals surface area contributed by atoms with Gasteiger partial charge in [0.1, 0.15) is 5.75 Å². The van der Waals surface area contributed by atoms with Crippen LogP contribution in [0.4, 0.5) is 5.69 Å². The zero-order valence-electron chi connectivity index (χ0n) is 15.9. The summed E-state index contributed by atoms with van der Waals surface area (Å²) in [6, 6.07) is 21.1. The van der Waals surface area contributed by atoms with E-state index < -0.39 is 0 Å². The molecule has 1 amide bonds. The summed E-state index contributed by atoms with van der Waals surface area (Å²) in [5.74, 6) is 0.125. The molecule has 3 rings (SSSR count). The first-order chi connectivity index (χ1) is 14.1. The van der Waals surface area contributed by atoms with Crippen LogP contribution in [0.25, 0.3) is 6.08 Å². The molecule has 0 saturated carbocycles. The quantitative estimate of drug-likeness (QED) is 0.410. The van der Waals surface area contributed by atoms with E-state index in [1.54, 1.807) is 48.5 Å². The van der Waals surface area contributed by atoms with E-state index in [0.717, 1.165) is 5.56 Å². The molecular weight excluding hydrogens is 386 g/mol. The topological polar surface area (TPSA) is 55.4 Å². The van der Waals surface area contributed by atoms with Gasteiger partial charge in [-0.25, -0.2) is 0 Å². The Morgan fingerprint density at radius 3 is 2.48 bits per heavy atom. The number of halogens is 1. The van der Waals surface area contributed by atoms with E-state index in [4.69, 9.17) is 16.3 Å². The highest BCUT2D eigenvalue weighted by molar-refractivity contribution is 6.31. The Morgan fingerprint density at radius 2 is 1.72 bits per heavy atom. The van der Waals surface area contributed by atoms with Crippen LogP contribution in [-0.2, 0) is 4.79 Å². The number of amides is 1. The maximum Gasteiger partial charge on any atom is 0.248 e. The van der Waals surface area contributed by atoms with Crippen molar-refractivity contribution in [2.75, 3.05) is 11.9 Å². The van der Waals surface area contributed by atoms with E-state index in [1.807, 2.05) is 37.3 Å². The SMILES string of the molecule is CCOc1ccccc1C=CC(=O)Nc1ccc(Cl)cc1C(=O)c1ccccc1. The van der Waals surface area contributed by atoms with Crippen molar-refractivity contribution in [1.82, 2.24) is 0 Å². The first-order valence-corrected chi connectivity index (χ1v) is 9.56. The lowest BCUT2D eigenvalue weighted by Crippen LogP contribution is -2.12. The molecule has 0 spiro atoms. The van der Waals surface area contributed by atoms with E-state index in [9.17, 15) is 9.59 Å². The number of carbonyl (C=O) groups is 2. The van der Waals surface area contributed by atoms with Crippen LogP contribution < -0.4 is 10.1 Å². The molecule has 0 bridgehead atoms. The molecule has 0 fully saturated rings. The molecule has 29 heavy (non-hydrogen) atoms. The lowest BCUT2D eigenvalue weighted by atomic mass is 10.0. The smallest absolute Gasteiger partial charge is 0.248 e. The van der Waals surface area contributed by atoms with E-state index >= 15 is 0 Å². The Labute approximate surface area is 174 Å². The number of hydrogen-bond acceptors (Lipinski definition) is 3. The number of carbonyl (C=O) groups excluding carboxylic acids is 2. The molecule has 3 aromatic rings. The van der Waals surface area contributed by atoms with Crippen molar-refractivity contribution >= 4 is 35.1 Å². The summed E-state index contributed by atoms with van der Waals surface area (Å²) in [4.78, 5) is 25.3. The monoisotopic (exact) mass is 405 g/mol. The van der Waals surface area contributed by atoms with Gasteiger partial charge >= 0.3 is 0 Å². The first kappa shape index (κ1) is 20.4. The van der Waals surface area contributed by atoms with Gasteiger partial charge in [-0.3, -0.25) is 9.59 Å². The molecule has 0 unspecified atom stereocenters. The highest BCUT2D eigenvalue weighted by Crippen LogP contribution is 2.24. The Morgan fingerprint density at radius 1 is 1.00 bits per heavy atom. The summed E-state index contributed by atoms with van der Waals surface area (Å²) < 4.78 is 5.56. The highest BCUT2D eigenvalue weighted by atomic mass is 35.5. The molecule has 3 aromatic carbocycles. The van der Waals surface area contributed by atoms with Crippen LogP contribution >= 0.6 is 11.6 Å². The molecule has 0 aromatic heterocycles. The van der Waals surface area contributed by atoms with Crippen LogP contribution in [0.15, 0.2) is 78.9 Å². The molecule has 0 aliphatic heterocycles. The van der Waals surface area contributed by atoms with Gasteiger partial charge < -0.3 is 10.1 Å². The number of anilines is 1. The molecule has 4 nitrogen and oxygen atoms in total. The van der Waals surface area contributed by atoms with Gasteiger partial charge in [0, 0.05) is 27.8 Å². The second-order valence-electron chi connectivity index (χ2n) is 6.18. The third-order valence-electron chi connectivity index (χ3n) is 4.15. The third kappa shape index (κ3) is 5.33. The largest absolute Gasteiger partial charge is 0.493 e. The van der Waals surface area contributed by atoms with Gasteiger partial charge in [-0.1, -0.05) is 60.1 Å². The fraction of sp³-hybridized carbons (Fsp3) is 0.0833. The average Bonchev–Trinajstić information content (AvgIpc) is 2.75. The van der Waals surface area contributed by atoms with Gasteiger partial charge in [0.2, 0.25) is 5.91 Å². The fourth-order valence-corrected chi connectivity index (χ4v) is 2.98. The molecule has 146 valence electrons. The number of benzene rings is 3. The second kappa shape index (κ2) is 9.71. The Hall–Kier alpha value is -3.37. The summed E-state index contributed by atoms with van der Waals surface area (Å²) in [5.41, 5.74) is 2.05. The van der Waals surface area contributed by atoms with Gasteiger partial charge in [-0.05, 0) is 37.3 Å². The molecule has 0 aliphatic rings. The van der Waals surface area contributed by atoms with Crippen molar-refractivity contribution < 1.29 is 14.3 Å². The summed E-state index contributed by atoms with van der Waals surface area (Å²) in [5, 5.41) is 3.18. The predicted octanol–water partition coefficient (Wildman–Crippen LogP) is 5.62. The normalized spacial score (nSPS) is 10.7. The summed E-state index contributed by atoms with van der Waals surface area (Å²) in [6.07, 6.45) is 3.08. The molecule has 1 N–H and O–H groups in total. The minimum atomic E-state index is -0.360. The van der Waals surface area contributed by atoms with E-state index in [0.29, 0.717) is 34.2 Å². The average molecular weight is 406 g/mol. The molecule has 5 heteroatoms. The summed E-state index contributed by atoms with van der Waals surface area (Å²) in [7, 11) is 0. The lowest BCUT2D eigenvalue weighted by molar-refractivity contribution is -0.111. The van der Waals surface area contributed by atoms with Gasteiger partial charge in [0.25, 0.3) is 0 Å². The second-order valence-corrected chi connectivity index (χ2v) is 6.61. The minimum absolute atomic E-state index is 0.214. The van der Waals surface area contributed by atoms with E-state index in [-0.39, 0.29) is 11.7 Å². The molecule has 0 aliphatic carbocycles. The fourth-order valence-electron chi connectivity index (χ4n) is 2.80. The number of ether oxygens (including phenoxy) is 1. The summed E-state index contributed by atoms with van der Waals surface area (Å²) >= 11 is 6.08. The maximum atomic E-state index is 12.9. The highest BCUT2D eigenvalue weighted by Gasteiger charge is 2.15. The van der Waals surface area contributed by atoms with Crippen molar-refractivity contribution in [3.8, 4) is 5.75 Å². The molecular formula is C24H20ClNO3. The minimum Gasteiger partial charge on any atom is -0.493 e. The number of nitrogens with one attached hydrogen (secondary N) is 1. The van der Waals surface area contributed by atoms with Crippen molar-refractivity contribution in [2.24, 2.45) is 0 Å². The Bertz CT molecular complexity index is 1050. The van der Waals surface area contributed by atoms with E-state index in [2.05, 4.69) is 5.32 Å². The molecule has 0 radical (unpaired) electrons. The number of rotatable bonds is 7. The van der Waals surface area contributed by atoms with Crippen molar-refractivity contribution in [3.63, 3.8) is 0 Å². The van der Waals surface area contributed by atoms with Crippen LogP contribution in [0.1, 0.15) is 28.4 Å². The zero-order chi connectivity index (χ0) is 20.6. The van der Waals surface area contributed by atoms with Crippen molar-refractivity contribution in [1.29, 1.82) is 0 Å². The number of ketones is 1. The van der Waals surface area contributed by atoms with Crippen LogP contribution in [0.5, 0.6) is 5.75 Å². The maximum absolute atomic E-state index is 12.9. The Balaban J connectivity index is 1.82. The standard InChI is InChI=1S/C24H20ClNO3/c1-2-29-22-11-7-6-8-17(22)12-15-23(27)26-21-14-13-19(25)16-20(21)24(28)18-9-4-3-5-10-18/h3-16H,2H2,1H3,(H,26,27). The Kier molecular flexibility index (Phi) is 6.82. The van der Waals surface area contributed by atoms with Gasteiger partial charge in [-0.2, -0.15) is 0 Å². The van der Waals surface area contributed by atoms with Crippen LogP contribution in [-0.4, -0.2) is 18.3 Å². The zero-order valence-corrected chi connectivity index (χ0v) is 16.6. The molecule has 0 saturated heterocycles. The van der Waals surface area contributed by atoms with Gasteiger partial charge in [0.15, 0.2) is 5.78 Å². The molecule has 0 heterocycles. The van der Waals surface area contributed by atoms with Crippen molar-refractivity contribution in [2.45, 2.75) is 6.92 Å². The number of hydrogen-bond donors (Lipinski definition) is 1. The lowest BCUT2D eigenvalue weighted by Gasteiger charge is -2.10. The van der Waals surface area contributed by atoms with Crippen LogP contribution in [0.3, 0.4) is 0 Å². The van der Waals surface area contributed by atoms with Gasteiger partial charge in [0.05, 0.1) is 12.3 Å². The van der Waals surface area contributed by atoms with Crippen molar-refractivity contribution in [3.05, 3.63) is 101 Å². The number of para-hydroxylation sites is 1. The molecule has 0 atom stereocenters.